The van der Waals surface area contributed by atoms with Crippen molar-refractivity contribution in [3.05, 3.63) is 58.6 Å². The summed E-state index contributed by atoms with van der Waals surface area (Å²) in [4.78, 5) is 22.4. The number of carbonyl (C=O) groups excluding carboxylic acids is 1. The SMILES string of the molecule is COc1cccc(CC(=O)N/N=C/c2ccc(OCC(=O)O)c(Cl)c2)c1. The van der Waals surface area contributed by atoms with Gasteiger partial charge in [0.15, 0.2) is 6.61 Å². The number of hydrogen-bond acceptors (Lipinski definition) is 5. The molecule has 2 rings (SSSR count). The second kappa shape index (κ2) is 9.43. The molecule has 0 spiro atoms. The molecule has 0 unspecified atom stereocenters. The van der Waals surface area contributed by atoms with Crippen LogP contribution in [0.25, 0.3) is 0 Å². The van der Waals surface area contributed by atoms with Crippen LogP contribution in [0.4, 0.5) is 0 Å². The average molecular weight is 377 g/mol. The highest BCUT2D eigenvalue weighted by Crippen LogP contribution is 2.24. The summed E-state index contributed by atoms with van der Waals surface area (Å²) < 4.78 is 10.1. The Kier molecular flexibility index (Phi) is 6.99. The van der Waals surface area contributed by atoms with Gasteiger partial charge in [0.2, 0.25) is 5.91 Å². The number of amides is 1. The summed E-state index contributed by atoms with van der Waals surface area (Å²) in [6, 6.07) is 11.9. The summed E-state index contributed by atoms with van der Waals surface area (Å²) in [5.41, 5.74) is 3.86. The van der Waals surface area contributed by atoms with Gasteiger partial charge in [-0.2, -0.15) is 5.10 Å². The lowest BCUT2D eigenvalue weighted by Crippen LogP contribution is -2.19. The second-order valence-corrected chi connectivity index (χ2v) is 5.60. The summed E-state index contributed by atoms with van der Waals surface area (Å²) in [5.74, 6) is -0.431. The molecular formula is C18H17ClN2O5. The molecule has 0 aliphatic rings. The molecular weight excluding hydrogens is 360 g/mol. The van der Waals surface area contributed by atoms with E-state index in [1.54, 1.807) is 37.4 Å². The molecule has 2 aromatic carbocycles. The number of rotatable bonds is 8. The topological polar surface area (TPSA) is 97.2 Å². The number of methoxy groups -OCH3 is 1. The fraction of sp³-hybridized carbons (Fsp3) is 0.167. The van der Waals surface area contributed by atoms with Gasteiger partial charge in [-0.25, -0.2) is 10.2 Å². The van der Waals surface area contributed by atoms with E-state index in [2.05, 4.69) is 10.5 Å². The van der Waals surface area contributed by atoms with Crippen LogP contribution < -0.4 is 14.9 Å². The van der Waals surface area contributed by atoms with E-state index in [-0.39, 0.29) is 23.1 Å². The van der Waals surface area contributed by atoms with Crippen LogP contribution in [-0.4, -0.2) is 36.9 Å². The van der Waals surface area contributed by atoms with Crippen molar-refractivity contribution in [3.8, 4) is 11.5 Å². The van der Waals surface area contributed by atoms with Crippen molar-refractivity contribution in [2.24, 2.45) is 5.10 Å². The van der Waals surface area contributed by atoms with Gasteiger partial charge in [-0.05, 0) is 41.5 Å². The van der Waals surface area contributed by atoms with Gasteiger partial charge in [0.05, 0.1) is 24.8 Å². The molecule has 1 amide bonds. The summed E-state index contributed by atoms with van der Waals surface area (Å²) >= 11 is 6.01. The third-order valence-electron chi connectivity index (χ3n) is 3.21. The molecule has 0 radical (unpaired) electrons. The predicted molar refractivity (Wildman–Crippen MR) is 97.0 cm³/mol. The minimum Gasteiger partial charge on any atom is -0.497 e. The number of carbonyl (C=O) groups is 2. The van der Waals surface area contributed by atoms with Crippen LogP contribution in [0.5, 0.6) is 11.5 Å². The summed E-state index contributed by atoms with van der Waals surface area (Å²) in [5, 5.41) is 12.7. The molecule has 2 aromatic rings. The van der Waals surface area contributed by atoms with E-state index < -0.39 is 12.6 Å². The van der Waals surface area contributed by atoms with Gasteiger partial charge >= 0.3 is 5.97 Å². The maximum absolute atomic E-state index is 11.9. The molecule has 0 aromatic heterocycles. The first kappa shape index (κ1) is 19.3. The van der Waals surface area contributed by atoms with E-state index >= 15 is 0 Å². The minimum atomic E-state index is -1.09. The standard InChI is InChI=1S/C18H17ClN2O5/c1-25-14-4-2-3-12(7-14)9-17(22)21-20-10-13-5-6-16(15(19)8-13)26-11-18(23)24/h2-8,10H,9,11H2,1H3,(H,21,22)(H,23,24)/b20-10+. The third kappa shape index (κ3) is 6.10. The van der Waals surface area contributed by atoms with Crippen LogP contribution in [-0.2, 0) is 16.0 Å². The van der Waals surface area contributed by atoms with Gasteiger partial charge in [-0.3, -0.25) is 4.79 Å². The van der Waals surface area contributed by atoms with Crippen LogP contribution in [0.15, 0.2) is 47.6 Å². The lowest BCUT2D eigenvalue weighted by Gasteiger charge is -2.06. The Morgan fingerprint density at radius 2 is 2.08 bits per heavy atom. The zero-order chi connectivity index (χ0) is 18.9. The number of carboxylic acids is 1. The largest absolute Gasteiger partial charge is 0.497 e. The highest BCUT2D eigenvalue weighted by molar-refractivity contribution is 6.32. The molecule has 2 N–H and O–H groups in total. The van der Waals surface area contributed by atoms with Crippen molar-refractivity contribution < 1.29 is 24.2 Å². The number of aliphatic carboxylic acids is 1. The Labute approximate surface area is 155 Å². The number of ether oxygens (including phenoxy) is 2. The van der Waals surface area contributed by atoms with Gasteiger partial charge in [-0.15, -0.1) is 0 Å². The van der Waals surface area contributed by atoms with Crippen molar-refractivity contribution in [1.29, 1.82) is 0 Å². The van der Waals surface area contributed by atoms with Crippen molar-refractivity contribution in [1.82, 2.24) is 5.43 Å². The molecule has 8 heteroatoms. The molecule has 0 heterocycles. The zero-order valence-corrected chi connectivity index (χ0v) is 14.7. The van der Waals surface area contributed by atoms with E-state index in [9.17, 15) is 9.59 Å². The number of halogens is 1. The Hall–Kier alpha value is -3.06. The van der Waals surface area contributed by atoms with Crippen LogP contribution in [0.3, 0.4) is 0 Å². The number of hydrazone groups is 1. The molecule has 7 nitrogen and oxygen atoms in total. The zero-order valence-electron chi connectivity index (χ0n) is 13.9. The maximum atomic E-state index is 11.9. The molecule has 0 aliphatic carbocycles. The predicted octanol–water partition coefficient (Wildman–Crippen LogP) is 2.50. The molecule has 0 atom stereocenters. The van der Waals surface area contributed by atoms with E-state index in [1.165, 1.54) is 12.3 Å². The van der Waals surface area contributed by atoms with Crippen molar-refractivity contribution >= 4 is 29.7 Å². The van der Waals surface area contributed by atoms with Gasteiger partial charge in [-0.1, -0.05) is 23.7 Å². The van der Waals surface area contributed by atoms with E-state index in [0.717, 1.165) is 5.56 Å². The molecule has 136 valence electrons. The average Bonchev–Trinajstić information content (AvgIpc) is 2.61. The normalized spacial score (nSPS) is 10.5. The number of nitrogens with one attached hydrogen (secondary N) is 1. The fourth-order valence-electron chi connectivity index (χ4n) is 2.04. The molecule has 26 heavy (non-hydrogen) atoms. The molecule has 0 fully saturated rings. The fourth-order valence-corrected chi connectivity index (χ4v) is 2.28. The Morgan fingerprint density at radius 1 is 1.27 bits per heavy atom. The van der Waals surface area contributed by atoms with E-state index in [0.29, 0.717) is 11.3 Å². The summed E-state index contributed by atoms with van der Waals surface area (Å²) in [6.07, 6.45) is 1.59. The monoisotopic (exact) mass is 376 g/mol. The Bertz CT molecular complexity index is 823. The lowest BCUT2D eigenvalue weighted by molar-refractivity contribution is -0.139. The summed E-state index contributed by atoms with van der Waals surface area (Å²) in [7, 11) is 1.56. The van der Waals surface area contributed by atoms with Crippen molar-refractivity contribution in [2.75, 3.05) is 13.7 Å². The third-order valence-corrected chi connectivity index (χ3v) is 3.50. The van der Waals surface area contributed by atoms with Gasteiger partial charge in [0, 0.05) is 0 Å². The van der Waals surface area contributed by atoms with Crippen LogP contribution in [0, 0.1) is 0 Å². The second-order valence-electron chi connectivity index (χ2n) is 5.19. The molecule has 0 aliphatic heterocycles. The molecule has 0 bridgehead atoms. The number of carboxylic acid groups (broad SMARTS) is 1. The Balaban J connectivity index is 1.89. The number of nitrogens with zero attached hydrogens (tertiary/aromatic N) is 1. The molecule has 0 saturated heterocycles. The van der Waals surface area contributed by atoms with Crippen molar-refractivity contribution in [3.63, 3.8) is 0 Å². The van der Waals surface area contributed by atoms with Gasteiger partial charge in [0.25, 0.3) is 0 Å². The first-order chi connectivity index (χ1) is 12.5. The first-order valence-electron chi connectivity index (χ1n) is 7.57. The smallest absolute Gasteiger partial charge is 0.341 e. The highest BCUT2D eigenvalue weighted by atomic mass is 35.5. The maximum Gasteiger partial charge on any atom is 0.341 e. The highest BCUT2D eigenvalue weighted by Gasteiger charge is 2.06. The lowest BCUT2D eigenvalue weighted by atomic mass is 10.1. The quantitative estimate of drug-likeness (QED) is 0.545. The van der Waals surface area contributed by atoms with Crippen LogP contribution in [0.2, 0.25) is 5.02 Å². The van der Waals surface area contributed by atoms with E-state index in [4.69, 9.17) is 26.2 Å². The molecule has 0 saturated carbocycles. The van der Waals surface area contributed by atoms with E-state index in [1.807, 2.05) is 6.07 Å². The van der Waals surface area contributed by atoms with Gasteiger partial charge in [0.1, 0.15) is 11.5 Å². The van der Waals surface area contributed by atoms with Crippen LogP contribution >= 0.6 is 11.6 Å². The number of benzene rings is 2. The number of hydrogen-bond donors (Lipinski definition) is 2. The minimum absolute atomic E-state index is 0.164. The Morgan fingerprint density at radius 3 is 2.77 bits per heavy atom. The summed E-state index contributed by atoms with van der Waals surface area (Å²) in [6.45, 7) is -0.479. The van der Waals surface area contributed by atoms with Gasteiger partial charge < -0.3 is 14.6 Å². The first-order valence-corrected chi connectivity index (χ1v) is 7.94. The van der Waals surface area contributed by atoms with Crippen LogP contribution in [0.1, 0.15) is 11.1 Å². The van der Waals surface area contributed by atoms with Crippen molar-refractivity contribution in [2.45, 2.75) is 6.42 Å².